The number of nitrogens with zero attached hydrogens (tertiary/aromatic N) is 3. The SMILES string of the molecule is CCOC(=O)C1=C(C)N=c2s/c(=C\c3cn(Cc4ccccc4)c4ccccc34)c(=O)n2[C@H]1c1cccc2ccccc12. The van der Waals surface area contributed by atoms with Crippen molar-refractivity contribution in [2.24, 2.45) is 4.99 Å². The van der Waals surface area contributed by atoms with Crippen LogP contribution in [-0.2, 0) is 16.1 Å². The van der Waals surface area contributed by atoms with Crippen LogP contribution in [0.25, 0.3) is 27.8 Å². The van der Waals surface area contributed by atoms with Gasteiger partial charge >= 0.3 is 5.97 Å². The van der Waals surface area contributed by atoms with Crippen molar-refractivity contribution in [3.05, 3.63) is 151 Å². The maximum Gasteiger partial charge on any atom is 0.338 e. The average molecular weight is 584 g/mol. The van der Waals surface area contributed by atoms with E-state index in [4.69, 9.17) is 9.73 Å². The van der Waals surface area contributed by atoms with E-state index < -0.39 is 12.0 Å². The Hall–Kier alpha value is -5.01. The Morgan fingerprint density at radius 1 is 0.930 bits per heavy atom. The summed E-state index contributed by atoms with van der Waals surface area (Å²) in [5.74, 6) is -0.458. The Kier molecular flexibility index (Phi) is 6.87. The second-order valence-electron chi connectivity index (χ2n) is 10.6. The van der Waals surface area contributed by atoms with E-state index in [1.54, 1.807) is 11.5 Å². The topological polar surface area (TPSA) is 65.6 Å². The lowest BCUT2D eigenvalue weighted by molar-refractivity contribution is -0.139. The van der Waals surface area contributed by atoms with Crippen LogP contribution < -0.4 is 14.9 Å². The van der Waals surface area contributed by atoms with Gasteiger partial charge in [-0.2, -0.15) is 0 Å². The molecule has 1 aliphatic rings. The van der Waals surface area contributed by atoms with E-state index in [0.717, 1.165) is 39.3 Å². The summed E-state index contributed by atoms with van der Waals surface area (Å²) >= 11 is 1.35. The predicted molar refractivity (Wildman–Crippen MR) is 172 cm³/mol. The number of hydrogen-bond acceptors (Lipinski definition) is 5. The van der Waals surface area contributed by atoms with Gasteiger partial charge in [0, 0.05) is 29.2 Å². The molecule has 6 nitrogen and oxygen atoms in total. The predicted octanol–water partition coefficient (Wildman–Crippen LogP) is 5.95. The number of rotatable bonds is 6. The van der Waals surface area contributed by atoms with Crippen molar-refractivity contribution in [1.82, 2.24) is 9.13 Å². The van der Waals surface area contributed by atoms with Crippen molar-refractivity contribution in [3.8, 4) is 0 Å². The summed E-state index contributed by atoms with van der Waals surface area (Å²) in [6.07, 6.45) is 4.06. The Morgan fingerprint density at radius 2 is 1.65 bits per heavy atom. The van der Waals surface area contributed by atoms with Crippen LogP contribution in [-0.4, -0.2) is 21.7 Å². The molecule has 0 N–H and O–H groups in total. The van der Waals surface area contributed by atoms with Gasteiger partial charge in [0.15, 0.2) is 4.80 Å². The molecule has 0 spiro atoms. The summed E-state index contributed by atoms with van der Waals surface area (Å²) < 4.78 is 9.94. The molecule has 0 fully saturated rings. The molecular formula is C36H29N3O3S. The summed E-state index contributed by atoms with van der Waals surface area (Å²) in [5, 5.41) is 3.08. The number of para-hydroxylation sites is 1. The summed E-state index contributed by atoms with van der Waals surface area (Å²) in [5.41, 5.74) is 4.88. The zero-order valence-electron chi connectivity index (χ0n) is 23.9. The monoisotopic (exact) mass is 583 g/mol. The maximum absolute atomic E-state index is 14.3. The fourth-order valence-corrected chi connectivity index (χ4v) is 7.05. The minimum atomic E-state index is -0.664. The lowest BCUT2D eigenvalue weighted by atomic mass is 9.91. The maximum atomic E-state index is 14.3. The third-order valence-corrected chi connectivity index (χ3v) is 8.92. The fourth-order valence-electron chi connectivity index (χ4n) is 6.02. The van der Waals surface area contributed by atoms with Crippen molar-refractivity contribution < 1.29 is 9.53 Å². The highest BCUT2D eigenvalue weighted by atomic mass is 32.1. The van der Waals surface area contributed by atoms with Crippen LogP contribution in [0.3, 0.4) is 0 Å². The number of allylic oxidation sites excluding steroid dienone is 1. The first-order valence-electron chi connectivity index (χ1n) is 14.3. The molecule has 0 saturated carbocycles. The summed E-state index contributed by atoms with van der Waals surface area (Å²) in [7, 11) is 0. The number of thiazole rings is 1. The van der Waals surface area contributed by atoms with Crippen molar-refractivity contribution >= 4 is 45.1 Å². The highest BCUT2D eigenvalue weighted by molar-refractivity contribution is 7.07. The lowest BCUT2D eigenvalue weighted by Crippen LogP contribution is -2.40. The van der Waals surface area contributed by atoms with Crippen LogP contribution in [0.15, 0.2) is 124 Å². The zero-order chi connectivity index (χ0) is 29.5. The van der Waals surface area contributed by atoms with Gasteiger partial charge in [0.25, 0.3) is 5.56 Å². The smallest absolute Gasteiger partial charge is 0.338 e. The standard InChI is InChI=1S/C36H29N3O3S/c1-3-42-35(41)32-23(2)37-36-39(33(32)29-18-11-15-25-14-7-8-16-27(25)29)34(40)31(43-36)20-26-22-38(21-24-12-5-4-6-13-24)30-19-10-9-17-28(26)30/h4-20,22,33H,3,21H2,1-2H3/b31-20-/t33-/m0/s1. The molecule has 212 valence electrons. The van der Waals surface area contributed by atoms with Gasteiger partial charge in [0.2, 0.25) is 0 Å². The van der Waals surface area contributed by atoms with Crippen molar-refractivity contribution in [2.75, 3.05) is 6.61 Å². The van der Waals surface area contributed by atoms with Crippen LogP contribution in [0.1, 0.15) is 36.6 Å². The summed E-state index contributed by atoms with van der Waals surface area (Å²) in [6.45, 7) is 4.55. The number of carbonyl (C=O) groups excluding carboxylic acids is 1. The van der Waals surface area contributed by atoms with Crippen molar-refractivity contribution in [3.63, 3.8) is 0 Å². The second kappa shape index (κ2) is 11.0. The van der Waals surface area contributed by atoms with Gasteiger partial charge in [0.1, 0.15) is 0 Å². The van der Waals surface area contributed by atoms with Gasteiger partial charge in [-0.15, -0.1) is 0 Å². The molecule has 0 unspecified atom stereocenters. The van der Waals surface area contributed by atoms with E-state index in [0.29, 0.717) is 20.6 Å². The highest BCUT2D eigenvalue weighted by Gasteiger charge is 2.34. The van der Waals surface area contributed by atoms with Crippen LogP contribution >= 0.6 is 11.3 Å². The van der Waals surface area contributed by atoms with Crippen molar-refractivity contribution in [2.45, 2.75) is 26.4 Å². The fraction of sp³-hybridized carbons (Fsp3) is 0.139. The molecule has 0 bridgehead atoms. The molecule has 3 heterocycles. The molecule has 1 atom stereocenters. The molecule has 0 radical (unpaired) electrons. The number of aromatic nitrogens is 2. The minimum absolute atomic E-state index is 0.184. The molecule has 7 heteroatoms. The lowest BCUT2D eigenvalue weighted by Gasteiger charge is -2.25. The second-order valence-corrected chi connectivity index (χ2v) is 11.6. The normalized spacial score (nSPS) is 15.1. The number of hydrogen-bond donors (Lipinski definition) is 0. The Labute approximate surface area is 252 Å². The first kappa shape index (κ1) is 26.9. The molecule has 2 aromatic heterocycles. The number of carbonyl (C=O) groups is 1. The largest absolute Gasteiger partial charge is 0.463 e. The number of esters is 1. The Morgan fingerprint density at radius 3 is 2.47 bits per heavy atom. The quantitative estimate of drug-likeness (QED) is 0.228. The van der Waals surface area contributed by atoms with Crippen LogP contribution in [0.5, 0.6) is 0 Å². The van der Waals surface area contributed by atoms with Gasteiger partial charge in [-0.05, 0) is 47.9 Å². The van der Waals surface area contributed by atoms with Gasteiger partial charge < -0.3 is 9.30 Å². The van der Waals surface area contributed by atoms with Crippen LogP contribution in [0.2, 0.25) is 0 Å². The molecule has 4 aromatic carbocycles. The zero-order valence-corrected chi connectivity index (χ0v) is 24.7. The molecule has 0 amide bonds. The van der Waals surface area contributed by atoms with Crippen LogP contribution in [0, 0.1) is 0 Å². The molecular weight excluding hydrogens is 554 g/mol. The molecule has 0 saturated heterocycles. The van der Waals surface area contributed by atoms with E-state index in [9.17, 15) is 9.59 Å². The first-order valence-corrected chi connectivity index (χ1v) is 15.1. The van der Waals surface area contributed by atoms with Gasteiger partial charge in [-0.3, -0.25) is 9.36 Å². The third-order valence-electron chi connectivity index (χ3n) is 7.94. The van der Waals surface area contributed by atoms with E-state index >= 15 is 0 Å². The molecule has 0 aliphatic carbocycles. The van der Waals surface area contributed by atoms with E-state index in [-0.39, 0.29) is 12.2 Å². The number of fused-ring (bicyclic) bond motifs is 3. The van der Waals surface area contributed by atoms with E-state index in [1.165, 1.54) is 16.9 Å². The van der Waals surface area contributed by atoms with E-state index in [2.05, 4.69) is 35.0 Å². The molecule has 1 aliphatic heterocycles. The minimum Gasteiger partial charge on any atom is -0.463 e. The third kappa shape index (κ3) is 4.72. The van der Waals surface area contributed by atoms with Crippen LogP contribution in [0.4, 0.5) is 0 Å². The van der Waals surface area contributed by atoms with Gasteiger partial charge in [0.05, 0.1) is 28.5 Å². The average Bonchev–Trinajstić information content (AvgIpc) is 3.52. The Balaban J connectivity index is 1.43. The summed E-state index contributed by atoms with van der Waals surface area (Å²) in [6, 6.07) is 31.9. The first-order chi connectivity index (χ1) is 21.0. The van der Waals surface area contributed by atoms with Gasteiger partial charge in [-0.25, -0.2) is 9.79 Å². The van der Waals surface area contributed by atoms with E-state index in [1.807, 2.05) is 85.8 Å². The summed E-state index contributed by atoms with van der Waals surface area (Å²) in [4.78, 5) is 33.0. The molecule has 7 rings (SSSR count). The number of ether oxygens (including phenoxy) is 1. The Bertz CT molecular complexity index is 2230. The molecule has 43 heavy (non-hydrogen) atoms. The number of benzene rings is 4. The van der Waals surface area contributed by atoms with Gasteiger partial charge in [-0.1, -0.05) is 102 Å². The highest BCUT2D eigenvalue weighted by Crippen LogP contribution is 2.35. The molecule has 6 aromatic rings. The van der Waals surface area contributed by atoms with Crippen molar-refractivity contribution in [1.29, 1.82) is 0 Å².